The zero-order chi connectivity index (χ0) is 21.6. The van der Waals surface area contributed by atoms with E-state index in [4.69, 9.17) is 0 Å². The van der Waals surface area contributed by atoms with Crippen molar-refractivity contribution in [1.29, 1.82) is 0 Å². The second kappa shape index (κ2) is 10.8. The van der Waals surface area contributed by atoms with Crippen molar-refractivity contribution < 1.29 is 22.0 Å². The van der Waals surface area contributed by atoms with Crippen molar-refractivity contribution in [1.82, 2.24) is 0 Å². The number of rotatable bonds is 7. The lowest BCUT2D eigenvalue weighted by Crippen LogP contribution is -2.17. The minimum atomic E-state index is -4.63. The first kappa shape index (κ1) is 23.3. The molecule has 0 amide bonds. The molecule has 1 aromatic rings. The molecule has 2 aliphatic rings. The predicted octanol–water partition coefficient (Wildman–Crippen LogP) is 8.62. The molecule has 0 heterocycles. The average molecular weight is 429 g/mol. The fourth-order valence-electron chi connectivity index (χ4n) is 5.29. The van der Waals surface area contributed by atoms with Crippen molar-refractivity contribution in [2.75, 3.05) is 6.67 Å². The first-order chi connectivity index (χ1) is 14.4. The quantitative estimate of drug-likeness (QED) is 0.301. The molecule has 0 aromatic heterocycles. The van der Waals surface area contributed by atoms with Crippen molar-refractivity contribution in [3.63, 3.8) is 0 Å². The lowest BCUT2D eigenvalue weighted by Gasteiger charge is -2.31. The molecule has 0 radical (unpaired) electrons. The van der Waals surface area contributed by atoms with Crippen LogP contribution in [0.15, 0.2) is 30.4 Å². The Morgan fingerprint density at radius 1 is 0.867 bits per heavy atom. The Kier molecular flexibility index (Phi) is 8.35. The smallest absolute Gasteiger partial charge is 0.251 e. The molecule has 0 spiro atoms. The molecule has 0 bridgehead atoms. The lowest BCUT2D eigenvalue weighted by molar-refractivity contribution is -0.140. The van der Waals surface area contributed by atoms with E-state index < -0.39 is 17.6 Å². The van der Waals surface area contributed by atoms with Gasteiger partial charge >= 0.3 is 6.18 Å². The number of halogens is 5. The standard InChI is InChI=1S/C25H33F5/c26-16-2-1-3-18-4-6-19(7-5-18)8-9-20-10-12-21(13-11-20)22-14-15-23(24(27)17-22)25(28,29)30/h1,3,14-15,17-21H,2,4-13,16H2/b3-1+. The summed E-state index contributed by atoms with van der Waals surface area (Å²) in [5.41, 5.74) is -0.467. The monoisotopic (exact) mass is 428 g/mol. The van der Waals surface area contributed by atoms with E-state index in [2.05, 4.69) is 6.08 Å². The third-order valence-corrected chi connectivity index (χ3v) is 7.18. The summed E-state index contributed by atoms with van der Waals surface area (Å²) in [6.45, 7) is -0.276. The van der Waals surface area contributed by atoms with Gasteiger partial charge in [0.15, 0.2) is 0 Å². The molecule has 0 atom stereocenters. The maximum Gasteiger partial charge on any atom is 0.419 e. The third-order valence-electron chi connectivity index (χ3n) is 7.18. The van der Waals surface area contributed by atoms with Crippen LogP contribution in [0.25, 0.3) is 0 Å². The molecule has 0 nitrogen and oxygen atoms in total. The fraction of sp³-hybridized carbons (Fsp3) is 0.680. The van der Waals surface area contributed by atoms with E-state index in [1.54, 1.807) is 0 Å². The van der Waals surface area contributed by atoms with Gasteiger partial charge < -0.3 is 0 Å². The molecule has 2 saturated carbocycles. The Morgan fingerprint density at radius 2 is 1.47 bits per heavy atom. The highest BCUT2D eigenvalue weighted by molar-refractivity contribution is 5.29. The van der Waals surface area contributed by atoms with Crippen molar-refractivity contribution in [3.05, 3.63) is 47.3 Å². The Hall–Kier alpha value is -1.39. The Bertz CT molecular complexity index is 677. The molecule has 0 saturated heterocycles. The maximum atomic E-state index is 13.9. The van der Waals surface area contributed by atoms with Gasteiger partial charge in [-0.05, 0) is 99.2 Å². The second-order valence-corrected chi connectivity index (χ2v) is 9.22. The molecule has 2 aliphatic carbocycles. The normalized spacial score (nSPS) is 28.2. The van der Waals surface area contributed by atoms with Gasteiger partial charge in [0.2, 0.25) is 0 Å². The molecular formula is C25H33F5. The van der Waals surface area contributed by atoms with E-state index in [1.165, 1.54) is 44.6 Å². The molecule has 5 heteroatoms. The molecule has 30 heavy (non-hydrogen) atoms. The highest BCUT2D eigenvalue weighted by atomic mass is 19.4. The molecule has 3 rings (SSSR count). The van der Waals surface area contributed by atoms with Crippen molar-refractivity contribution in [2.24, 2.45) is 17.8 Å². The first-order valence-electron chi connectivity index (χ1n) is 11.5. The van der Waals surface area contributed by atoms with Crippen LogP contribution in [-0.2, 0) is 6.18 Å². The molecule has 0 N–H and O–H groups in total. The second-order valence-electron chi connectivity index (χ2n) is 9.22. The zero-order valence-electron chi connectivity index (χ0n) is 17.6. The summed E-state index contributed by atoms with van der Waals surface area (Å²) < 4.78 is 64.3. The lowest BCUT2D eigenvalue weighted by atomic mass is 9.74. The van der Waals surface area contributed by atoms with E-state index in [1.807, 2.05) is 6.08 Å². The van der Waals surface area contributed by atoms with Crippen molar-refractivity contribution >= 4 is 0 Å². The van der Waals surface area contributed by atoms with Crippen LogP contribution < -0.4 is 0 Å². The summed E-state index contributed by atoms with van der Waals surface area (Å²) in [4.78, 5) is 0. The molecule has 0 aliphatic heterocycles. The van der Waals surface area contributed by atoms with E-state index in [0.29, 0.717) is 23.8 Å². The van der Waals surface area contributed by atoms with Gasteiger partial charge in [-0.3, -0.25) is 4.39 Å². The highest BCUT2D eigenvalue weighted by Crippen LogP contribution is 2.41. The Morgan fingerprint density at radius 3 is 2.00 bits per heavy atom. The van der Waals surface area contributed by atoms with Gasteiger partial charge in [-0.1, -0.05) is 31.1 Å². The first-order valence-corrected chi connectivity index (χ1v) is 11.5. The average Bonchev–Trinajstić information content (AvgIpc) is 2.73. The summed E-state index contributed by atoms with van der Waals surface area (Å²) in [5, 5.41) is 0. The summed E-state index contributed by atoms with van der Waals surface area (Å²) in [7, 11) is 0. The third kappa shape index (κ3) is 6.55. The Labute approximate surface area is 176 Å². The van der Waals surface area contributed by atoms with Crippen LogP contribution in [0.1, 0.15) is 87.7 Å². The van der Waals surface area contributed by atoms with Crippen LogP contribution >= 0.6 is 0 Å². The van der Waals surface area contributed by atoms with E-state index >= 15 is 0 Å². The largest absolute Gasteiger partial charge is 0.419 e. The number of hydrogen-bond acceptors (Lipinski definition) is 0. The SMILES string of the molecule is FCC/C=C/C1CCC(CCC2CCC(c3ccc(C(F)(F)F)c(F)c3)CC2)CC1. The minimum absolute atomic E-state index is 0.171. The molecule has 0 unspecified atom stereocenters. The van der Waals surface area contributed by atoms with E-state index in [9.17, 15) is 22.0 Å². The van der Waals surface area contributed by atoms with Crippen LogP contribution in [0.4, 0.5) is 22.0 Å². The topological polar surface area (TPSA) is 0 Å². The Balaban J connectivity index is 1.39. The predicted molar refractivity (Wildman–Crippen MR) is 111 cm³/mol. The summed E-state index contributed by atoms with van der Waals surface area (Å²) in [5.74, 6) is 1.11. The molecular weight excluding hydrogens is 395 g/mol. The minimum Gasteiger partial charge on any atom is -0.251 e. The number of alkyl halides is 4. The van der Waals surface area contributed by atoms with E-state index in [0.717, 1.165) is 43.7 Å². The van der Waals surface area contributed by atoms with Crippen LogP contribution in [-0.4, -0.2) is 6.67 Å². The van der Waals surface area contributed by atoms with Gasteiger partial charge in [-0.25, -0.2) is 4.39 Å². The molecule has 2 fully saturated rings. The van der Waals surface area contributed by atoms with Crippen LogP contribution in [0.5, 0.6) is 0 Å². The molecule has 1 aromatic carbocycles. The van der Waals surface area contributed by atoms with Gasteiger partial charge in [0.05, 0.1) is 12.2 Å². The molecule has 168 valence electrons. The number of benzene rings is 1. The van der Waals surface area contributed by atoms with Gasteiger partial charge in [-0.2, -0.15) is 13.2 Å². The highest BCUT2D eigenvalue weighted by Gasteiger charge is 2.34. The van der Waals surface area contributed by atoms with E-state index in [-0.39, 0.29) is 12.6 Å². The van der Waals surface area contributed by atoms with Crippen LogP contribution in [0, 0.1) is 23.6 Å². The van der Waals surface area contributed by atoms with Crippen molar-refractivity contribution in [2.45, 2.75) is 82.7 Å². The van der Waals surface area contributed by atoms with Gasteiger partial charge in [-0.15, -0.1) is 0 Å². The van der Waals surface area contributed by atoms with Gasteiger partial charge in [0.1, 0.15) is 5.82 Å². The van der Waals surface area contributed by atoms with Gasteiger partial charge in [0.25, 0.3) is 0 Å². The summed E-state index contributed by atoms with van der Waals surface area (Å²) in [6.07, 6.45) is 11.5. The number of hydrogen-bond donors (Lipinski definition) is 0. The number of allylic oxidation sites excluding steroid dienone is 2. The fourth-order valence-corrected chi connectivity index (χ4v) is 5.29. The van der Waals surface area contributed by atoms with Crippen LogP contribution in [0.3, 0.4) is 0 Å². The summed E-state index contributed by atoms with van der Waals surface area (Å²) >= 11 is 0. The van der Waals surface area contributed by atoms with Gasteiger partial charge in [0, 0.05) is 0 Å². The zero-order valence-corrected chi connectivity index (χ0v) is 17.6. The van der Waals surface area contributed by atoms with Crippen molar-refractivity contribution in [3.8, 4) is 0 Å². The van der Waals surface area contributed by atoms with Crippen LogP contribution in [0.2, 0.25) is 0 Å². The maximum absolute atomic E-state index is 13.9. The summed E-state index contributed by atoms with van der Waals surface area (Å²) in [6, 6.07) is 3.44.